The van der Waals surface area contributed by atoms with Crippen LogP contribution in [0.5, 0.6) is 0 Å². The van der Waals surface area contributed by atoms with Gasteiger partial charge in [0.2, 0.25) is 0 Å². The van der Waals surface area contributed by atoms with Crippen LogP contribution in [0, 0.1) is 0 Å². The third-order valence-corrected chi connectivity index (χ3v) is 10.6. The fraction of sp³-hybridized carbons (Fsp3) is 0.0833. The van der Waals surface area contributed by atoms with Gasteiger partial charge in [0.05, 0.1) is 18.8 Å². The Kier molecular flexibility index (Phi) is 9.81. The van der Waals surface area contributed by atoms with Gasteiger partial charge in [-0.2, -0.15) is 0 Å². The standard InChI is InChI=1S/C48H37BO8/c1-26(46(54)45(40(53)25-52)38(23-50)47(55)48(56)39(49)24-51)43-32-11-5-7-13-34(32)44(35-14-8-6-12-33(35)43)30-17-18-41-36(20-30)37-21-31-19-28(27-9-3-2-4-10-27)15-16-29(31)22-42(37)57-41/h2-22,50-56H,23-25H2,1H3/b45-40+,46-26-,47-38-,48-39-. The fourth-order valence-electron chi connectivity index (χ4n) is 7.81. The number of hydrogen-bond donors (Lipinski definition) is 7. The minimum atomic E-state index is -0.991. The van der Waals surface area contributed by atoms with E-state index in [-0.39, 0.29) is 5.57 Å². The maximum Gasteiger partial charge on any atom is 0.163 e. The van der Waals surface area contributed by atoms with Gasteiger partial charge in [0.1, 0.15) is 42.9 Å². The minimum Gasteiger partial charge on any atom is -0.509 e. The van der Waals surface area contributed by atoms with Gasteiger partial charge in [-0.3, -0.25) is 0 Å². The molecule has 7 N–H and O–H groups in total. The molecule has 0 aliphatic heterocycles. The molecule has 0 aliphatic rings. The average molecular weight is 753 g/mol. The Morgan fingerprint density at radius 3 is 1.75 bits per heavy atom. The molecular formula is C48H37BO8. The van der Waals surface area contributed by atoms with Crippen LogP contribution in [0.2, 0.25) is 0 Å². The van der Waals surface area contributed by atoms with E-state index in [2.05, 4.69) is 48.5 Å². The van der Waals surface area contributed by atoms with Crippen molar-refractivity contribution >= 4 is 67.7 Å². The maximum atomic E-state index is 11.9. The summed E-state index contributed by atoms with van der Waals surface area (Å²) in [4.78, 5) is 0. The zero-order valence-corrected chi connectivity index (χ0v) is 30.9. The van der Waals surface area contributed by atoms with Gasteiger partial charge >= 0.3 is 0 Å². The predicted octanol–water partition coefficient (Wildman–Crippen LogP) is 10.2. The molecule has 0 fully saturated rings. The number of benzene rings is 7. The lowest BCUT2D eigenvalue weighted by atomic mass is 9.84. The van der Waals surface area contributed by atoms with Crippen molar-refractivity contribution < 1.29 is 40.2 Å². The summed E-state index contributed by atoms with van der Waals surface area (Å²) in [6.07, 6.45) is 0. The topological polar surface area (TPSA) is 155 Å². The normalized spacial score (nSPS) is 13.9. The van der Waals surface area contributed by atoms with Gasteiger partial charge in [0, 0.05) is 21.9 Å². The van der Waals surface area contributed by atoms with Gasteiger partial charge in [-0.05, 0) is 103 Å². The van der Waals surface area contributed by atoms with Crippen LogP contribution in [0.4, 0.5) is 0 Å². The van der Waals surface area contributed by atoms with E-state index < -0.39 is 59.5 Å². The highest BCUT2D eigenvalue weighted by atomic mass is 16.3. The monoisotopic (exact) mass is 752 g/mol. The fourth-order valence-corrected chi connectivity index (χ4v) is 7.81. The summed E-state index contributed by atoms with van der Waals surface area (Å²) in [5, 5.41) is 81.3. The molecule has 0 aliphatic carbocycles. The first-order valence-electron chi connectivity index (χ1n) is 18.3. The molecular weight excluding hydrogens is 715 g/mol. The van der Waals surface area contributed by atoms with E-state index in [9.17, 15) is 35.7 Å². The quantitative estimate of drug-likeness (QED) is 0.0333. The van der Waals surface area contributed by atoms with E-state index in [0.717, 1.165) is 76.5 Å². The van der Waals surface area contributed by atoms with Gasteiger partial charge in [-0.15, -0.1) is 0 Å². The van der Waals surface area contributed by atoms with E-state index in [1.807, 2.05) is 78.9 Å². The Hall–Kier alpha value is -6.78. The highest BCUT2D eigenvalue weighted by Crippen LogP contribution is 2.45. The number of aliphatic hydroxyl groups excluding tert-OH is 7. The van der Waals surface area contributed by atoms with Crippen LogP contribution < -0.4 is 0 Å². The first-order valence-corrected chi connectivity index (χ1v) is 18.3. The molecule has 0 spiro atoms. The lowest BCUT2D eigenvalue weighted by Gasteiger charge is -2.20. The van der Waals surface area contributed by atoms with Crippen molar-refractivity contribution in [3.8, 4) is 22.3 Å². The third kappa shape index (κ3) is 6.38. The zero-order chi connectivity index (χ0) is 40.0. The molecule has 0 unspecified atom stereocenters. The molecule has 0 saturated heterocycles. The van der Waals surface area contributed by atoms with Gasteiger partial charge in [-0.1, -0.05) is 97.1 Å². The van der Waals surface area contributed by atoms with Crippen LogP contribution in [0.15, 0.2) is 171 Å². The molecule has 0 atom stereocenters. The summed E-state index contributed by atoms with van der Waals surface area (Å²) in [5.74, 6) is -3.31. The molecule has 8 aromatic rings. The maximum absolute atomic E-state index is 11.9. The van der Waals surface area contributed by atoms with Crippen molar-refractivity contribution in [2.45, 2.75) is 6.92 Å². The Balaban J connectivity index is 1.35. The second kappa shape index (κ2) is 15.0. The number of hydrogen-bond acceptors (Lipinski definition) is 8. The van der Waals surface area contributed by atoms with Crippen molar-refractivity contribution in [3.63, 3.8) is 0 Å². The number of allylic oxidation sites excluding steroid dienone is 2. The number of furan rings is 1. The largest absolute Gasteiger partial charge is 0.509 e. The van der Waals surface area contributed by atoms with Crippen LogP contribution in [0.3, 0.4) is 0 Å². The van der Waals surface area contributed by atoms with Gasteiger partial charge in [0.15, 0.2) is 5.76 Å². The molecule has 1 heterocycles. The van der Waals surface area contributed by atoms with Gasteiger partial charge < -0.3 is 40.2 Å². The van der Waals surface area contributed by atoms with Crippen molar-refractivity contribution in [1.29, 1.82) is 0 Å². The van der Waals surface area contributed by atoms with E-state index in [0.29, 0.717) is 5.56 Å². The Bertz CT molecular complexity index is 2970. The number of fused-ring (bicyclic) bond motifs is 6. The molecule has 9 heteroatoms. The lowest BCUT2D eigenvalue weighted by molar-refractivity contribution is 0.243. The molecule has 57 heavy (non-hydrogen) atoms. The molecule has 7 aromatic carbocycles. The SMILES string of the molecule is [B]/C(CO)=C(O)/C(O)=C(CO)/C(C(/O)=C(\C)c1c2ccccc2c(-c2ccc3oc4cc5ccc(-c6ccccc6)cc5cc4c3c2)c2ccccc12)=C(\O)CO. The summed E-state index contributed by atoms with van der Waals surface area (Å²) in [7, 11) is 5.63. The summed E-state index contributed by atoms with van der Waals surface area (Å²) in [5.41, 5.74) is 4.95. The third-order valence-electron chi connectivity index (χ3n) is 10.6. The Morgan fingerprint density at radius 2 is 1.12 bits per heavy atom. The van der Waals surface area contributed by atoms with Crippen molar-refractivity contribution in [3.05, 3.63) is 173 Å². The van der Waals surface area contributed by atoms with Crippen LogP contribution in [-0.2, 0) is 0 Å². The van der Waals surface area contributed by atoms with Crippen molar-refractivity contribution in [1.82, 2.24) is 0 Å². The Morgan fingerprint density at radius 1 is 0.509 bits per heavy atom. The van der Waals surface area contributed by atoms with Crippen LogP contribution in [-0.4, -0.2) is 63.4 Å². The first kappa shape index (κ1) is 37.2. The number of aliphatic hydroxyl groups is 7. The molecule has 1 aromatic heterocycles. The summed E-state index contributed by atoms with van der Waals surface area (Å²) in [6, 6.07) is 42.6. The highest BCUT2D eigenvalue weighted by Gasteiger charge is 2.26. The molecule has 0 bridgehead atoms. The summed E-state index contributed by atoms with van der Waals surface area (Å²) < 4.78 is 6.40. The minimum absolute atomic E-state index is 0.235. The Labute approximate surface area is 328 Å². The predicted molar refractivity (Wildman–Crippen MR) is 228 cm³/mol. The van der Waals surface area contributed by atoms with Crippen LogP contribution >= 0.6 is 0 Å². The van der Waals surface area contributed by atoms with E-state index in [4.69, 9.17) is 12.3 Å². The van der Waals surface area contributed by atoms with Gasteiger partial charge in [-0.25, -0.2) is 0 Å². The average Bonchev–Trinajstić information content (AvgIpc) is 3.61. The lowest BCUT2D eigenvalue weighted by Crippen LogP contribution is -2.12. The summed E-state index contributed by atoms with van der Waals surface area (Å²) >= 11 is 0. The molecule has 0 amide bonds. The van der Waals surface area contributed by atoms with E-state index in [1.165, 1.54) is 0 Å². The zero-order valence-electron chi connectivity index (χ0n) is 30.9. The van der Waals surface area contributed by atoms with Gasteiger partial charge in [0.25, 0.3) is 0 Å². The second-order valence-corrected chi connectivity index (χ2v) is 13.9. The van der Waals surface area contributed by atoms with Crippen molar-refractivity contribution in [2.24, 2.45) is 0 Å². The first-order chi connectivity index (χ1) is 27.6. The molecule has 8 nitrogen and oxygen atoms in total. The molecule has 2 radical (unpaired) electrons. The van der Waals surface area contributed by atoms with E-state index in [1.54, 1.807) is 6.92 Å². The summed E-state index contributed by atoms with van der Waals surface area (Å²) in [6.45, 7) is -1.16. The van der Waals surface area contributed by atoms with Crippen LogP contribution in [0.25, 0.3) is 82.1 Å². The molecule has 280 valence electrons. The highest BCUT2D eigenvalue weighted by molar-refractivity contribution is 6.22. The van der Waals surface area contributed by atoms with E-state index >= 15 is 0 Å². The molecule has 0 saturated carbocycles. The van der Waals surface area contributed by atoms with Crippen molar-refractivity contribution in [2.75, 3.05) is 19.8 Å². The smallest absolute Gasteiger partial charge is 0.163 e. The molecule has 8 rings (SSSR count). The number of rotatable bonds is 9. The second-order valence-electron chi connectivity index (χ2n) is 13.9. The van der Waals surface area contributed by atoms with Crippen LogP contribution in [0.1, 0.15) is 12.5 Å².